The molecule has 0 saturated carbocycles. The number of hydrogen-bond donors (Lipinski definition) is 1. The average Bonchev–Trinajstić information content (AvgIpc) is 2.35. The van der Waals surface area contributed by atoms with E-state index in [4.69, 9.17) is 4.74 Å². The van der Waals surface area contributed by atoms with Crippen molar-refractivity contribution in [2.45, 2.75) is 46.1 Å². The summed E-state index contributed by atoms with van der Waals surface area (Å²) >= 11 is 0. The molecule has 1 aromatic rings. The summed E-state index contributed by atoms with van der Waals surface area (Å²) in [6.07, 6.45) is 3.34. The number of ether oxygens (including phenoxy) is 1. The Morgan fingerprint density at radius 1 is 1.29 bits per heavy atom. The summed E-state index contributed by atoms with van der Waals surface area (Å²) < 4.78 is 5.63. The fourth-order valence-electron chi connectivity index (χ4n) is 1.84. The third-order valence-electron chi connectivity index (χ3n) is 2.79. The molecule has 0 spiro atoms. The van der Waals surface area contributed by atoms with Crippen molar-refractivity contribution in [2.24, 2.45) is 0 Å². The molecule has 0 bridgehead atoms. The molecule has 0 fully saturated rings. The smallest absolute Gasteiger partial charge is 0.119 e. The van der Waals surface area contributed by atoms with Crippen molar-refractivity contribution in [3.8, 4) is 5.75 Å². The van der Waals surface area contributed by atoms with E-state index in [0.29, 0.717) is 6.04 Å². The molecule has 2 heteroatoms. The van der Waals surface area contributed by atoms with Crippen LogP contribution in [0.5, 0.6) is 5.75 Å². The number of aryl methyl sites for hydroxylation is 1. The van der Waals surface area contributed by atoms with Crippen molar-refractivity contribution < 1.29 is 4.74 Å². The molecule has 17 heavy (non-hydrogen) atoms. The molecule has 0 saturated heterocycles. The van der Waals surface area contributed by atoms with Gasteiger partial charge in [0.1, 0.15) is 5.75 Å². The monoisotopic (exact) mass is 235 g/mol. The first-order valence-electron chi connectivity index (χ1n) is 6.71. The van der Waals surface area contributed by atoms with Crippen molar-refractivity contribution >= 4 is 0 Å². The van der Waals surface area contributed by atoms with Crippen LogP contribution in [0.3, 0.4) is 0 Å². The third-order valence-corrected chi connectivity index (χ3v) is 2.79. The molecular formula is C15H25NO. The Balaban J connectivity index is 2.42. The van der Waals surface area contributed by atoms with E-state index in [9.17, 15) is 0 Å². The minimum atomic E-state index is 0.584. The molecule has 2 nitrogen and oxygen atoms in total. The molecule has 1 rings (SSSR count). The molecule has 0 aliphatic carbocycles. The van der Waals surface area contributed by atoms with Gasteiger partial charge in [-0.3, -0.25) is 0 Å². The van der Waals surface area contributed by atoms with Crippen LogP contribution in [0.25, 0.3) is 0 Å². The Hall–Kier alpha value is -1.02. The second kappa shape index (κ2) is 8.13. The fraction of sp³-hybridized carbons (Fsp3) is 0.600. The lowest BCUT2D eigenvalue weighted by molar-refractivity contribution is 0.317. The van der Waals surface area contributed by atoms with Crippen molar-refractivity contribution in [3.05, 3.63) is 29.8 Å². The summed E-state index contributed by atoms with van der Waals surface area (Å²) in [4.78, 5) is 0. The fourth-order valence-corrected chi connectivity index (χ4v) is 1.84. The molecule has 1 unspecified atom stereocenters. The summed E-state index contributed by atoms with van der Waals surface area (Å²) in [7, 11) is 0. The lowest BCUT2D eigenvalue weighted by Crippen LogP contribution is -2.25. The van der Waals surface area contributed by atoms with Gasteiger partial charge in [-0.05, 0) is 50.4 Å². The number of rotatable bonds is 8. The quantitative estimate of drug-likeness (QED) is 0.745. The SMILES string of the molecule is CCCOc1cccc(CCC(C)NCC)c1. The highest BCUT2D eigenvalue weighted by Gasteiger charge is 2.01. The topological polar surface area (TPSA) is 21.3 Å². The van der Waals surface area contributed by atoms with Gasteiger partial charge >= 0.3 is 0 Å². The van der Waals surface area contributed by atoms with Gasteiger partial charge in [0.05, 0.1) is 6.61 Å². The lowest BCUT2D eigenvalue weighted by atomic mass is 10.1. The first-order valence-corrected chi connectivity index (χ1v) is 6.71. The maximum atomic E-state index is 5.63. The first-order chi connectivity index (χ1) is 8.26. The number of benzene rings is 1. The van der Waals surface area contributed by atoms with E-state index >= 15 is 0 Å². The summed E-state index contributed by atoms with van der Waals surface area (Å²) in [5.41, 5.74) is 1.36. The molecule has 0 aliphatic rings. The average molecular weight is 235 g/mol. The largest absolute Gasteiger partial charge is 0.494 e. The molecule has 0 aromatic heterocycles. The van der Waals surface area contributed by atoms with Gasteiger partial charge in [-0.25, -0.2) is 0 Å². The van der Waals surface area contributed by atoms with Crippen molar-refractivity contribution in [1.82, 2.24) is 5.32 Å². The second-order valence-corrected chi connectivity index (χ2v) is 4.49. The van der Waals surface area contributed by atoms with Crippen LogP contribution in [0.4, 0.5) is 0 Å². The predicted octanol–water partition coefficient (Wildman–Crippen LogP) is 3.41. The van der Waals surface area contributed by atoms with Crippen LogP contribution < -0.4 is 10.1 Å². The van der Waals surface area contributed by atoms with Crippen molar-refractivity contribution in [2.75, 3.05) is 13.2 Å². The van der Waals surface area contributed by atoms with E-state index < -0.39 is 0 Å². The zero-order valence-electron chi connectivity index (χ0n) is 11.3. The van der Waals surface area contributed by atoms with Crippen LogP contribution in [-0.4, -0.2) is 19.2 Å². The highest BCUT2D eigenvalue weighted by molar-refractivity contribution is 5.28. The third kappa shape index (κ3) is 5.73. The molecule has 0 radical (unpaired) electrons. The van der Waals surface area contributed by atoms with Crippen LogP contribution in [0.2, 0.25) is 0 Å². The highest BCUT2D eigenvalue weighted by Crippen LogP contribution is 2.15. The zero-order valence-corrected chi connectivity index (χ0v) is 11.3. The molecule has 1 N–H and O–H groups in total. The standard InChI is InChI=1S/C15H25NO/c1-4-11-17-15-8-6-7-14(12-15)10-9-13(3)16-5-2/h6-8,12-13,16H,4-5,9-11H2,1-3H3. The molecular weight excluding hydrogens is 210 g/mol. The molecule has 1 aromatic carbocycles. The van der Waals surface area contributed by atoms with Gasteiger partial charge in [0, 0.05) is 6.04 Å². The summed E-state index contributed by atoms with van der Waals surface area (Å²) in [6.45, 7) is 8.36. The Morgan fingerprint density at radius 3 is 2.82 bits per heavy atom. The predicted molar refractivity (Wildman–Crippen MR) is 73.7 cm³/mol. The van der Waals surface area contributed by atoms with E-state index in [2.05, 4.69) is 44.3 Å². The van der Waals surface area contributed by atoms with Crippen LogP contribution in [0.15, 0.2) is 24.3 Å². The van der Waals surface area contributed by atoms with Gasteiger partial charge in [0.15, 0.2) is 0 Å². The maximum Gasteiger partial charge on any atom is 0.119 e. The zero-order chi connectivity index (χ0) is 12.5. The molecule has 0 amide bonds. The normalized spacial score (nSPS) is 12.4. The minimum absolute atomic E-state index is 0.584. The number of nitrogens with one attached hydrogen (secondary N) is 1. The lowest BCUT2D eigenvalue weighted by Gasteiger charge is -2.12. The molecule has 0 heterocycles. The van der Waals surface area contributed by atoms with Gasteiger partial charge in [0.25, 0.3) is 0 Å². The van der Waals surface area contributed by atoms with E-state index in [1.54, 1.807) is 0 Å². The van der Waals surface area contributed by atoms with Crippen molar-refractivity contribution in [3.63, 3.8) is 0 Å². The number of hydrogen-bond acceptors (Lipinski definition) is 2. The summed E-state index contributed by atoms with van der Waals surface area (Å²) in [5.74, 6) is 1.00. The van der Waals surface area contributed by atoms with Crippen LogP contribution >= 0.6 is 0 Å². The maximum absolute atomic E-state index is 5.63. The van der Waals surface area contributed by atoms with Crippen LogP contribution in [0, 0.1) is 0 Å². The Bertz CT molecular complexity index is 312. The Kier molecular flexibility index (Phi) is 6.71. The van der Waals surface area contributed by atoms with Crippen LogP contribution in [0.1, 0.15) is 39.2 Å². The van der Waals surface area contributed by atoms with Gasteiger partial charge in [-0.2, -0.15) is 0 Å². The van der Waals surface area contributed by atoms with E-state index in [-0.39, 0.29) is 0 Å². The molecule has 96 valence electrons. The molecule has 1 atom stereocenters. The Labute approximate surface area is 105 Å². The van der Waals surface area contributed by atoms with Crippen molar-refractivity contribution in [1.29, 1.82) is 0 Å². The minimum Gasteiger partial charge on any atom is -0.494 e. The molecule has 0 aliphatic heterocycles. The van der Waals surface area contributed by atoms with Gasteiger partial charge < -0.3 is 10.1 Å². The summed E-state index contributed by atoms with van der Waals surface area (Å²) in [6, 6.07) is 9.04. The first kappa shape index (κ1) is 14.0. The highest BCUT2D eigenvalue weighted by atomic mass is 16.5. The summed E-state index contributed by atoms with van der Waals surface area (Å²) in [5, 5.41) is 3.43. The van der Waals surface area contributed by atoms with E-state index in [1.165, 1.54) is 12.0 Å². The van der Waals surface area contributed by atoms with E-state index in [1.807, 2.05) is 6.07 Å². The van der Waals surface area contributed by atoms with Crippen LogP contribution in [-0.2, 0) is 6.42 Å². The Morgan fingerprint density at radius 2 is 2.12 bits per heavy atom. The van der Waals surface area contributed by atoms with Gasteiger partial charge in [-0.1, -0.05) is 26.0 Å². The van der Waals surface area contributed by atoms with Gasteiger partial charge in [-0.15, -0.1) is 0 Å². The second-order valence-electron chi connectivity index (χ2n) is 4.49. The van der Waals surface area contributed by atoms with E-state index in [0.717, 1.165) is 31.7 Å². The van der Waals surface area contributed by atoms with Gasteiger partial charge in [0.2, 0.25) is 0 Å².